The van der Waals surface area contributed by atoms with Gasteiger partial charge in [-0.15, -0.1) is 0 Å². The molecular formula is C20H13BrF2O2S. The van der Waals surface area contributed by atoms with E-state index in [4.69, 9.17) is 0 Å². The number of sulfone groups is 1. The van der Waals surface area contributed by atoms with Crippen molar-refractivity contribution >= 4 is 37.9 Å². The minimum absolute atomic E-state index is 0.147. The van der Waals surface area contributed by atoms with Crippen molar-refractivity contribution in [1.29, 1.82) is 0 Å². The van der Waals surface area contributed by atoms with Gasteiger partial charge in [0, 0.05) is 16.1 Å². The highest BCUT2D eigenvalue weighted by Gasteiger charge is 2.20. The van der Waals surface area contributed by atoms with Crippen molar-refractivity contribution < 1.29 is 17.2 Å². The summed E-state index contributed by atoms with van der Waals surface area (Å²) in [6.07, 6.45) is 3.13. The van der Waals surface area contributed by atoms with Crippen LogP contribution in [0.25, 0.3) is 12.2 Å². The number of rotatable bonds is 4. The van der Waals surface area contributed by atoms with Gasteiger partial charge in [-0.25, -0.2) is 17.2 Å². The van der Waals surface area contributed by atoms with Crippen molar-refractivity contribution in [3.63, 3.8) is 0 Å². The Morgan fingerprint density at radius 2 is 1.58 bits per heavy atom. The maximum Gasteiger partial charge on any atom is 0.207 e. The zero-order chi connectivity index (χ0) is 18.7. The molecule has 2 nitrogen and oxygen atoms in total. The van der Waals surface area contributed by atoms with Crippen LogP contribution in [-0.4, -0.2) is 8.42 Å². The van der Waals surface area contributed by atoms with Crippen LogP contribution in [0.1, 0.15) is 11.1 Å². The van der Waals surface area contributed by atoms with Crippen LogP contribution >= 0.6 is 15.9 Å². The van der Waals surface area contributed by atoms with Gasteiger partial charge in [0.25, 0.3) is 0 Å². The van der Waals surface area contributed by atoms with Crippen LogP contribution < -0.4 is 0 Å². The van der Waals surface area contributed by atoms with Crippen molar-refractivity contribution in [3.8, 4) is 0 Å². The summed E-state index contributed by atoms with van der Waals surface area (Å²) in [6.45, 7) is 0. The average molecular weight is 435 g/mol. The van der Waals surface area contributed by atoms with E-state index in [1.54, 1.807) is 36.4 Å². The first-order valence-electron chi connectivity index (χ1n) is 7.61. The van der Waals surface area contributed by atoms with E-state index in [1.807, 2.05) is 0 Å². The second-order valence-corrected chi connectivity index (χ2v) is 8.28. The normalized spacial score (nSPS) is 11.8. The van der Waals surface area contributed by atoms with E-state index in [0.29, 0.717) is 10.0 Å². The predicted molar refractivity (Wildman–Crippen MR) is 101 cm³/mol. The van der Waals surface area contributed by atoms with Gasteiger partial charge in [-0.3, -0.25) is 0 Å². The Morgan fingerprint density at radius 3 is 2.23 bits per heavy atom. The van der Waals surface area contributed by atoms with Crippen LogP contribution in [0.3, 0.4) is 0 Å². The first-order valence-corrected chi connectivity index (χ1v) is 9.88. The molecule has 0 aliphatic rings. The highest BCUT2D eigenvalue weighted by molar-refractivity contribution is 9.10. The molecule has 0 N–H and O–H groups in total. The fraction of sp³-hybridized carbons (Fsp3) is 0. The van der Waals surface area contributed by atoms with E-state index in [0.717, 1.165) is 6.07 Å². The zero-order valence-electron chi connectivity index (χ0n) is 13.4. The first kappa shape index (κ1) is 18.5. The van der Waals surface area contributed by atoms with Gasteiger partial charge in [0.05, 0.1) is 9.79 Å². The monoisotopic (exact) mass is 434 g/mol. The summed E-state index contributed by atoms with van der Waals surface area (Å²) >= 11 is 3.29. The van der Waals surface area contributed by atoms with Crippen LogP contribution in [-0.2, 0) is 9.84 Å². The molecule has 3 rings (SSSR count). The summed E-state index contributed by atoms with van der Waals surface area (Å²) < 4.78 is 52.4. The van der Waals surface area contributed by atoms with Gasteiger partial charge in [-0.05, 0) is 57.9 Å². The third-order valence-corrected chi connectivity index (χ3v) is 6.46. The Kier molecular flexibility index (Phi) is 5.34. The summed E-state index contributed by atoms with van der Waals surface area (Å²) in [5.74, 6) is -1.30. The van der Waals surface area contributed by atoms with Crippen LogP contribution in [0.2, 0.25) is 0 Å². The zero-order valence-corrected chi connectivity index (χ0v) is 15.8. The average Bonchev–Trinajstić information content (AvgIpc) is 2.61. The second kappa shape index (κ2) is 7.51. The second-order valence-electron chi connectivity index (χ2n) is 5.51. The van der Waals surface area contributed by atoms with E-state index in [9.17, 15) is 17.2 Å². The fourth-order valence-electron chi connectivity index (χ4n) is 2.39. The molecule has 0 saturated carbocycles. The number of hydrogen-bond acceptors (Lipinski definition) is 2. The largest absolute Gasteiger partial charge is 0.218 e. The molecular weight excluding hydrogens is 422 g/mol. The maximum atomic E-state index is 13.7. The van der Waals surface area contributed by atoms with Gasteiger partial charge in [-0.1, -0.05) is 36.4 Å². The maximum absolute atomic E-state index is 13.7. The van der Waals surface area contributed by atoms with Crippen molar-refractivity contribution in [2.24, 2.45) is 0 Å². The van der Waals surface area contributed by atoms with Crippen molar-refractivity contribution in [2.75, 3.05) is 0 Å². The van der Waals surface area contributed by atoms with Gasteiger partial charge >= 0.3 is 0 Å². The Hall–Kier alpha value is -2.31. The molecule has 3 aromatic carbocycles. The van der Waals surface area contributed by atoms with Gasteiger partial charge in [0.1, 0.15) is 11.6 Å². The Morgan fingerprint density at radius 1 is 0.846 bits per heavy atom. The molecule has 0 spiro atoms. The molecule has 6 heteroatoms. The Bertz CT molecular complexity index is 1080. The molecule has 0 saturated heterocycles. The fourth-order valence-corrected chi connectivity index (χ4v) is 4.76. The summed E-state index contributed by atoms with van der Waals surface area (Å²) in [5.41, 5.74) is 0.913. The lowest BCUT2D eigenvalue weighted by Gasteiger charge is -2.07. The molecule has 0 radical (unpaired) electrons. The topological polar surface area (TPSA) is 34.1 Å². The smallest absolute Gasteiger partial charge is 0.207 e. The first-order chi connectivity index (χ1) is 12.4. The van der Waals surface area contributed by atoms with Crippen LogP contribution in [0.5, 0.6) is 0 Å². The van der Waals surface area contributed by atoms with Gasteiger partial charge in [-0.2, -0.15) is 0 Å². The molecule has 0 amide bonds. The summed E-state index contributed by atoms with van der Waals surface area (Å²) in [5, 5.41) is 0. The molecule has 0 bridgehead atoms. The van der Waals surface area contributed by atoms with E-state index in [1.165, 1.54) is 36.4 Å². The molecule has 0 aromatic heterocycles. The van der Waals surface area contributed by atoms with E-state index in [2.05, 4.69) is 15.9 Å². The molecule has 0 atom stereocenters. The highest BCUT2D eigenvalue weighted by atomic mass is 79.9. The van der Waals surface area contributed by atoms with Gasteiger partial charge < -0.3 is 0 Å². The van der Waals surface area contributed by atoms with Gasteiger partial charge in [0.15, 0.2) is 0 Å². The Balaban J connectivity index is 1.92. The molecule has 0 unspecified atom stereocenters. The SMILES string of the molecule is O=S(=O)(c1ccccc1)c1ccc(/C=C/c2ccc(F)cc2F)cc1Br. The Labute approximate surface area is 158 Å². The van der Waals surface area contributed by atoms with Gasteiger partial charge in [0.2, 0.25) is 9.84 Å². The minimum Gasteiger partial charge on any atom is -0.218 e. The van der Waals surface area contributed by atoms with Crippen LogP contribution in [0, 0.1) is 11.6 Å². The lowest BCUT2D eigenvalue weighted by Crippen LogP contribution is -2.02. The minimum atomic E-state index is -3.64. The number of benzene rings is 3. The summed E-state index contributed by atoms with van der Waals surface area (Å²) in [6, 6.07) is 16.2. The lowest BCUT2D eigenvalue weighted by atomic mass is 10.1. The van der Waals surface area contributed by atoms with Crippen molar-refractivity contribution in [1.82, 2.24) is 0 Å². The predicted octanol–water partition coefficient (Wildman–Crippen LogP) is 5.73. The highest BCUT2D eigenvalue weighted by Crippen LogP contribution is 2.29. The quantitative estimate of drug-likeness (QED) is 0.491. The number of hydrogen-bond donors (Lipinski definition) is 0. The molecule has 3 aromatic rings. The standard InChI is InChI=1S/C20H13BrF2O2S/c21-18-12-14(6-8-15-9-10-16(22)13-19(15)23)7-11-20(18)26(24,25)17-4-2-1-3-5-17/h1-13H/b8-6+. The van der Waals surface area contributed by atoms with E-state index >= 15 is 0 Å². The summed E-state index contributed by atoms with van der Waals surface area (Å²) in [4.78, 5) is 0.353. The lowest BCUT2D eigenvalue weighted by molar-refractivity contribution is 0.581. The third kappa shape index (κ3) is 3.92. The van der Waals surface area contributed by atoms with Crippen LogP contribution in [0.4, 0.5) is 8.78 Å². The molecule has 0 fully saturated rings. The summed E-state index contributed by atoms with van der Waals surface area (Å²) in [7, 11) is -3.64. The van der Waals surface area contributed by atoms with Crippen LogP contribution in [0.15, 0.2) is 81.0 Å². The molecule has 26 heavy (non-hydrogen) atoms. The van der Waals surface area contributed by atoms with E-state index < -0.39 is 21.5 Å². The molecule has 132 valence electrons. The van der Waals surface area contributed by atoms with Crippen molar-refractivity contribution in [2.45, 2.75) is 9.79 Å². The molecule has 0 aliphatic carbocycles. The van der Waals surface area contributed by atoms with E-state index in [-0.39, 0.29) is 15.4 Å². The number of halogens is 3. The van der Waals surface area contributed by atoms with Crippen molar-refractivity contribution in [3.05, 3.63) is 94.0 Å². The molecule has 0 aliphatic heterocycles. The third-order valence-electron chi connectivity index (χ3n) is 3.72. The molecule has 0 heterocycles.